The zero-order valence-electron chi connectivity index (χ0n) is 9.25. The van der Waals surface area contributed by atoms with Crippen LogP contribution >= 0.6 is 0 Å². The highest BCUT2D eigenvalue weighted by atomic mass is 15.3. The van der Waals surface area contributed by atoms with Crippen molar-refractivity contribution in [3.8, 4) is 0 Å². The van der Waals surface area contributed by atoms with Crippen LogP contribution in [0, 0.1) is 11.8 Å². The second-order valence-electron chi connectivity index (χ2n) is 4.35. The Kier molecular flexibility index (Phi) is 2.48. The van der Waals surface area contributed by atoms with Gasteiger partial charge in [-0.05, 0) is 24.7 Å². The average molecular weight is 193 g/mol. The minimum atomic E-state index is 0.884. The summed E-state index contributed by atoms with van der Waals surface area (Å²) in [6, 6.07) is 2.15. The van der Waals surface area contributed by atoms with Gasteiger partial charge in [0, 0.05) is 19.7 Å². The first kappa shape index (κ1) is 9.56. The van der Waals surface area contributed by atoms with Crippen molar-refractivity contribution in [2.45, 2.75) is 26.7 Å². The number of nitrogens with one attached hydrogen (secondary N) is 1. The lowest BCUT2D eigenvalue weighted by molar-refractivity contribution is 0.731. The molecule has 2 rings (SSSR count). The first-order valence-electron chi connectivity index (χ1n) is 5.47. The molecule has 1 aliphatic rings. The molecule has 0 radical (unpaired) electrons. The number of aromatic nitrogens is 2. The topological polar surface area (TPSA) is 29.9 Å². The van der Waals surface area contributed by atoms with Crippen LogP contribution in [0.1, 0.15) is 26.0 Å². The maximum absolute atomic E-state index is 4.40. The van der Waals surface area contributed by atoms with Crippen LogP contribution in [0.4, 0.5) is 5.82 Å². The SMILES string of the molecule is CCc1cc(NCC2CC2C)n(C)n1. The molecule has 2 unspecified atom stereocenters. The molecule has 1 saturated carbocycles. The second kappa shape index (κ2) is 3.64. The van der Waals surface area contributed by atoms with Crippen molar-refractivity contribution in [2.24, 2.45) is 18.9 Å². The van der Waals surface area contributed by atoms with E-state index in [-0.39, 0.29) is 0 Å². The molecule has 0 spiro atoms. The molecule has 1 aliphatic carbocycles. The molecule has 1 heterocycles. The van der Waals surface area contributed by atoms with E-state index in [0.29, 0.717) is 0 Å². The van der Waals surface area contributed by atoms with Gasteiger partial charge >= 0.3 is 0 Å². The number of aryl methyl sites for hydroxylation is 2. The summed E-state index contributed by atoms with van der Waals surface area (Å²) in [5.41, 5.74) is 1.17. The normalized spacial score (nSPS) is 25.1. The van der Waals surface area contributed by atoms with Gasteiger partial charge in [-0.2, -0.15) is 5.10 Å². The minimum Gasteiger partial charge on any atom is -0.370 e. The number of rotatable bonds is 4. The third-order valence-corrected chi connectivity index (χ3v) is 3.11. The minimum absolute atomic E-state index is 0.884. The molecule has 3 nitrogen and oxygen atoms in total. The Morgan fingerprint density at radius 3 is 2.86 bits per heavy atom. The van der Waals surface area contributed by atoms with Crippen LogP contribution in [-0.4, -0.2) is 16.3 Å². The summed E-state index contributed by atoms with van der Waals surface area (Å²) in [7, 11) is 2.00. The molecule has 78 valence electrons. The van der Waals surface area contributed by atoms with Crippen LogP contribution in [0.15, 0.2) is 6.07 Å². The molecule has 1 aromatic heterocycles. The fourth-order valence-electron chi connectivity index (χ4n) is 1.78. The van der Waals surface area contributed by atoms with Crippen molar-refractivity contribution in [3.05, 3.63) is 11.8 Å². The predicted molar refractivity (Wildman–Crippen MR) is 58.3 cm³/mol. The predicted octanol–water partition coefficient (Wildman–Crippen LogP) is 2.05. The molecule has 0 aliphatic heterocycles. The maximum atomic E-state index is 4.40. The zero-order valence-corrected chi connectivity index (χ0v) is 9.25. The van der Waals surface area contributed by atoms with E-state index in [1.165, 1.54) is 12.1 Å². The summed E-state index contributed by atoms with van der Waals surface area (Å²) < 4.78 is 1.94. The lowest BCUT2D eigenvalue weighted by Crippen LogP contribution is -2.08. The fraction of sp³-hybridized carbons (Fsp3) is 0.727. The quantitative estimate of drug-likeness (QED) is 0.793. The van der Waals surface area contributed by atoms with E-state index in [0.717, 1.165) is 30.6 Å². The summed E-state index contributed by atoms with van der Waals surface area (Å²) in [5, 5.41) is 7.86. The van der Waals surface area contributed by atoms with Crippen LogP contribution in [0.5, 0.6) is 0 Å². The number of nitrogens with zero attached hydrogens (tertiary/aromatic N) is 2. The van der Waals surface area contributed by atoms with Gasteiger partial charge in [0.25, 0.3) is 0 Å². The standard InChI is InChI=1S/C11H19N3/c1-4-10-6-11(14(3)13-10)12-7-9-5-8(9)2/h6,8-9,12H,4-5,7H2,1-3H3. The summed E-state index contributed by atoms with van der Waals surface area (Å²) in [5.74, 6) is 2.96. The van der Waals surface area contributed by atoms with Gasteiger partial charge in [0.05, 0.1) is 5.69 Å². The van der Waals surface area contributed by atoms with Gasteiger partial charge in [0.15, 0.2) is 0 Å². The molecule has 14 heavy (non-hydrogen) atoms. The number of hydrogen-bond donors (Lipinski definition) is 1. The molecule has 0 saturated heterocycles. The van der Waals surface area contributed by atoms with E-state index >= 15 is 0 Å². The second-order valence-corrected chi connectivity index (χ2v) is 4.35. The Morgan fingerprint density at radius 1 is 1.64 bits per heavy atom. The fourth-order valence-corrected chi connectivity index (χ4v) is 1.78. The van der Waals surface area contributed by atoms with E-state index in [9.17, 15) is 0 Å². The van der Waals surface area contributed by atoms with Crippen molar-refractivity contribution < 1.29 is 0 Å². The van der Waals surface area contributed by atoms with Crippen molar-refractivity contribution in [3.63, 3.8) is 0 Å². The first-order valence-corrected chi connectivity index (χ1v) is 5.47. The lowest BCUT2D eigenvalue weighted by atomic mass is 10.3. The Hall–Kier alpha value is -0.990. The number of anilines is 1. The molecule has 0 bridgehead atoms. The van der Waals surface area contributed by atoms with E-state index in [1.54, 1.807) is 0 Å². The molecule has 3 heteroatoms. The van der Waals surface area contributed by atoms with E-state index in [4.69, 9.17) is 0 Å². The van der Waals surface area contributed by atoms with Gasteiger partial charge in [0.2, 0.25) is 0 Å². The van der Waals surface area contributed by atoms with Crippen LogP contribution in [0.2, 0.25) is 0 Å². The van der Waals surface area contributed by atoms with Gasteiger partial charge in [-0.15, -0.1) is 0 Å². The summed E-state index contributed by atoms with van der Waals surface area (Å²) in [6.07, 6.45) is 2.39. The Morgan fingerprint density at radius 2 is 2.36 bits per heavy atom. The van der Waals surface area contributed by atoms with Gasteiger partial charge < -0.3 is 5.32 Å². The third kappa shape index (κ3) is 1.91. The molecular weight excluding hydrogens is 174 g/mol. The smallest absolute Gasteiger partial charge is 0.124 e. The molecule has 1 fully saturated rings. The lowest BCUT2D eigenvalue weighted by Gasteiger charge is -2.04. The van der Waals surface area contributed by atoms with Crippen LogP contribution in [-0.2, 0) is 13.5 Å². The summed E-state index contributed by atoms with van der Waals surface area (Å²) >= 11 is 0. The Labute approximate surface area is 85.5 Å². The third-order valence-electron chi connectivity index (χ3n) is 3.11. The molecular formula is C11H19N3. The van der Waals surface area contributed by atoms with Crippen molar-refractivity contribution in [1.29, 1.82) is 0 Å². The zero-order chi connectivity index (χ0) is 10.1. The van der Waals surface area contributed by atoms with Gasteiger partial charge in [-0.25, -0.2) is 0 Å². The van der Waals surface area contributed by atoms with Gasteiger partial charge in [-0.3, -0.25) is 4.68 Å². The molecule has 1 aromatic rings. The Balaban J connectivity index is 1.91. The Bertz CT molecular complexity index is 316. The highest BCUT2D eigenvalue weighted by Gasteiger charge is 2.32. The summed E-state index contributed by atoms with van der Waals surface area (Å²) in [6.45, 7) is 5.55. The summed E-state index contributed by atoms with van der Waals surface area (Å²) in [4.78, 5) is 0. The van der Waals surface area contributed by atoms with Crippen LogP contribution in [0.3, 0.4) is 0 Å². The van der Waals surface area contributed by atoms with E-state index in [2.05, 4.69) is 30.3 Å². The largest absolute Gasteiger partial charge is 0.370 e. The van der Waals surface area contributed by atoms with Crippen LogP contribution < -0.4 is 5.32 Å². The molecule has 0 amide bonds. The maximum Gasteiger partial charge on any atom is 0.124 e. The van der Waals surface area contributed by atoms with Gasteiger partial charge in [-0.1, -0.05) is 13.8 Å². The molecule has 0 aromatic carbocycles. The highest BCUT2D eigenvalue weighted by Crippen LogP contribution is 2.37. The monoisotopic (exact) mass is 193 g/mol. The highest BCUT2D eigenvalue weighted by molar-refractivity contribution is 5.37. The van der Waals surface area contributed by atoms with E-state index in [1.807, 2.05) is 11.7 Å². The van der Waals surface area contributed by atoms with Crippen molar-refractivity contribution in [2.75, 3.05) is 11.9 Å². The number of hydrogen-bond acceptors (Lipinski definition) is 2. The molecule has 1 N–H and O–H groups in total. The van der Waals surface area contributed by atoms with Crippen molar-refractivity contribution in [1.82, 2.24) is 9.78 Å². The van der Waals surface area contributed by atoms with Crippen LogP contribution in [0.25, 0.3) is 0 Å². The first-order chi connectivity index (χ1) is 6.70. The molecule has 2 atom stereocenters. The van der Waals surface area contributed by atoms with Gasteiger partial charge in [0.1, 0.15) is 5.82 Å². The van der Waals surface area contributed by atoms with E-state index < -0.39 is 0 Å². The average Bonchev–Trinajstić information content (AvgIpc) is 2.74. The van der Waals surface area contributed by atoms with Crippen molar-refractivity contribution >= 4 is 5.82 Å².